The number of ether oxygens (including phenoxy) is 1. The summed E-state index contributed by atoms with van der Waals surface area (Å²) in [6.07, 6.45) is 5.77. The fourth-order valence-electron chi connectivity index (χ4n) is 4.51. The molecule has 0 N–H and O–H groups in total. The number of unbranched alkanes of at least 4 members (excludes halogenated alkanes) is 2. The van der Waals surface area contributed by atoms with Gasteiger partial charge in [0, 0.05) is 29.1 Å². The first-order valence-corrected chi connectivity index (χ1v) is 12.9. The third kappa shape index (κ3) is 8.84. The molecule has 1 amide bonds. The van der Waals surface area contributed by atoms with Crippen molar-refractivity contribution in [3.8, 4) is 5.75 Å². The quantitative estimate of drug-likeness (QED) is 0.161. The number of allylic oxidation sites excluding steroid dienone is 2. The van der Waals surface area contributed by atoms with E-state index in [-0.39, 0.29) is 23.6 Å². The maximum Gasteiger partial charge on any atom is 0.336 e. The van der Waals surface area contributed by atoms with Gasteiger partial charge in [-0.3, -0.25) is 4.79 Å². The van der Waals surface area contributed by atoms with E-state index in [1.54, 1.807) is 6.07 Å². The number of carbonyl (C=O) groups is 1. The summed E-state index contributed by atoms with van der Waals surface area (Å²) in [6, 6.07) is 7.58. The fourth-order valence-corrected chi connectivity index (χ4v) is 4.51. The Morgan fingerprint density at radius 3 is 2.31 bits per heavy atom. The molecule has 0 spiro atoms. The first-order valence-electron chi connectivity index (χ1n) is 12.9. The predicted octanol–water partition coefficient (Wildman–Crippen LogP) is 5.57. The van der Waals surface area contributed by atoms with E-state index in [0.29, 0.717) is 29.6 Å². The molecule has 1 aromatic heterocycles. The van der Waals surface area contributed by atoms with E-state index >= 15 is 0 Å². The molecule has 0 saturated heterocycles. The smallest absolute Gasteiger partial charge is 0.336 e. The van der Waals surface area contributed by atoms with Gasteiger partial charge in [0.1, 0.15) is 11.3 Å². The van der Waals surface area contributed by atoms with Gasteiger partial charge in [-0.25, -0.2) is 4.79 Å². The number of benzene rings is 1. The number of hydrogen-bond donors (Lipinski definition) is 0. The van der Waals surface area contributed by atoms with Crippen LogP contribution in [0.2, 0.25) is 0 Å². The molecule has 6 nitrogen and oxygen atoms in total. The highest BCUT2D eigenvalue weighted by molar-refractivity contribution is 5.82. The molecule has 0 aliphatic carbocycles. The van der Waals surface area contributed by atoms with Crippen LogP contribution in [0, 0.1) is 0 Å². The van der Waals surface area contributed by atoms with E-state index < -0.39 is 0 Å². The molecule has 6 heteroatoms. The predicted molar refractivity (Wildman–Crippen MR) is 144 cm³/mol. The van der Waals surface area contributed by atoms with E-state index in [2.05, 4.69) is 61.7 Å². The van der Waals surface area contributed by atoms with Crippen LogP contribution in [0.3, 0.4) is 0 Å². The van der Waals surface area contributed by atoms with E-state index in [4.69, 9.17) is 9.15 Å². The minimum Gasteiger partial charge on any atom is -0.493 e. The van der Waals surface area contributed by atoms with Gasteiger partial charge in [-0.2, -0.15) is 0 Å². The van der Waals surface area contributed by atoms with Crippen LogP contribution < -0.4 is 10.4 Å². The highest BCUT2D eigenvalue weighted by Gasteiger charge is 2.27. The zero-order chi connectivity index (χ0) is 26.2. The second kappa shape index (κ2) is 12.9. The normalized spacial score (nSPS) is 11.8. The minimum absolute atomic E-state index is 0.212. The summed E-state index contributed by atoms with van der Waals surface area (Å²) in [4.78, 5) is 26.6. The highest BCUT2D eigenvalue weighted by Crippen LogP contribution is 2.28. The van der Waals surface area contributed by atoms with Crippen LogP contribution in [0.5, 0.6) is 5.75 Å². The third-order valence-corrected chi connectivity index (χ3v) is 6.19. The largest absolute Gasteiger partial charge is 0.493 e. The van der Waals surface area contributed by atoms with Gasteiger partial charge in [0.15, 0.2) is 6.54 Å². The molecule has 0 radical (unpaired) electrons. The van der Waals surface area contributed by atoms with E-state index in [1.165, 1.54) is 11.6 Å². The number of hydrogen-bond acceptors (Lipinski definition) is 4. The van der Waals surface area contributed by atoms with Crippen molar-refractivity contribution in [1.29, 1.82) is 0 Å². The van der Waals surface area contributed by atoms with Crippen LogP contribution in [0.25, 0.3) is 11.0 Å². The Morgan fingerprint density at radius 1 is 1.03 bits per heavy atom. The summed E-state index contributed by atoms with van der Waals surface area (Å²) in [5.41, 5.74) is 2.37. The molecule has 2 aromatic rings. The van der Waals surface area contributed by atoms with Crippen LogP contribution in [0.15, 0.2) is 45.1 Å². The molecule has 35 heavy (non-hydrogen) atoms. The summed E-state index contributed by atoms with van der Waals surface area (Å²) in [7, 11) is 4.26. The monoisotopic (exact) mass is 485 g/mol. The van der Waals surface area contributed by atoms with Gasteiger partial charge in [0.2, 0.25) is 0 Å². The Morgan fingerprint density at radius 2 is 1.69 bits per heavy atom. The molecule has 0 unspecified atom stereocenters. The molecule has 2 rings (SSSR count). The SMILES string of the molecule is CC(C)=CCc1c(OCCCCC[N+](C)(C)CC(=O)N(C(C)C)C(C)C)ccc2ccc(=O)oc12. The zero-order valence-electron chi connectivity index (χ0n) is 23.0. The van der Waals surface area contributed by atoms with Gasteiger partial charge in [-0.15, -0.1) is 0 Å². The Hall–Kier alpha value is -2.60. The van der Waals surface area contributed by atoms with Crippen LogP contribution in [0.1, 0.15) is 66.4 Å². The van der Waals surface area contributed by atoms with Crippen molar-refractivity contribution in [2.75, 3.05) is 33.8 Å². The third-order valence-electron chi connectivity index (χ3n) is 6.19. The summed E-state index contributed by atoms with van der Waals surface area (Å²) in [5.74, 6) is 0.990. The van der Waals surface area contributed by atoms with Crippen LogP contribution in [-0.2, 0) is 11.2 Å². The molecule has 0 atom stereocenters. The molecule has 0 aliphatic heterocycles. The number of fused-ring (bicyclic) bond motifs is 1. The summed E-state index contributed by atoms with van der Waals surface area (Å²) in [5, 5.41) is 0.900. The topological polar surface area (TPSA) is 59.8 Å². The highest BCUT2D eigenvalue weighted by atomic mass is 16.5. The van der Waals surface area contributed by atoms with Crippen molar-refractivity contribution >= 4 is 16.9 Å². The number of nitrogens with zero attached hydrogens (tertiary/aromatic N) is 2. The van der Waals surface area contributed by atoms with Crippen LogP contribution >= 0.6 is 0 Å². The molecule has 0 saturated carbocycles. The number of quaternary nitrogens is 1. The fraction of sp³-hybridized carbons (Fsp3) is 0.586. The Kier molecular flexibility index (Phi) is 10.6. The molecule has 194 valence electrons. The first kappa shape index (κ1) is 28.6. The summed E-state index contributed by atoms with van der Waals surface area (Å²) >= 11 is 0. The number of amides is 1. The van der Waals surface area contributed by atoms with E-state index in [9.17, 15) is 9.59 Å². The van der Waals surface area contributed by atoms with Crippen molar-refractivity contribution in [3.63, 3.8) is 0 Å². The van der Waals surface area contributed by atoms with Gasteiger partial charge in [-0.1, -0.05) is 11.6 Å². The number of rotatable bonds is 13. The standard InChI is InChI=1S/C29H45N2O4/c1-21(2)12-15-25-26(16-13-24-14-17-28(33)35-29(24)25)34-19-11-9-10-18-31(7,8)20-27(32)30(22(3)4)23(5)6/h12-14,16-17,22-23H,9-11,15,18-20H2,1-8H3/q+1. The summed E-state index contributed by atoms with van der Waals surface area (Å²) in [6.45, 7) is 14.5. The Labute approximate surface area is 211 Å². The van der Waals surface area contributed by atoms with Gasteiger partial charge in [-0.05, 0) is 85.4 Å². The minimum atomic E-state index is -0.350. The number of carbonyl (C=O) groups excluding carboxylic acids is 1. The average molecular weight is 486 g/mol. The van der Waals surface area contributed by atoms with Crippen molar-refractivity contribution in [2.45, 2.75) is 79.3 Å². The van der Waals surface area contributed by atoms with Crippen molar-refractivity contribution in [3.05, 3.63) is 51.9 Å². The van der Waals surface area contributed by atoms with E-state index in [0.717, 1.165) is 42.5 Å². The molecular weight excluding hydrogens is 440 g/mol. The molecule has 0 fully saturated rings. The first-order chi connectivity index (χ1) is 16.4. The van der Waals surface area contributed by atoms with Crippen LogP contribution in [-0.4, -0.2) is 61.2 Å². The number of likely N-dealkylation sites (N-methyl/N-ethyl adjacent to an activating group) is 1. The lowest BCUT2D eigenvalue weighted by Gasteiger charge is -2.35. The maximum atomic E-state index is 12.8. The second-order valence-corrected chi connectivity index (χ2v) is 10.9. The lowest BCUT2D eigenvalue weighted by Crippen LogP contribution is -2.52. The Bertz CT molecular complexity index is 1050. The summed E-state index contributed by atoms with van der Waals surface area (Å²) < 4.78 is 12.4. The Balaban J connectivity index is 1.91. The lowest BCUT2D eigenvalue weighted by molar-refractivity contribution is -0.883. The van der Waals surface area contributed by atoms with Gasteiger partial charge < -0.3 is 18.5 Å². The van der Waals surface area contributed by atoms with Gasteiger partial charge in [0.05, 0.1) is 27.2 Å². The zero-order valence-corrected chi connectivity index (χ0v) is 23.0. The van der Waals surface area contributed by atoms with Gasteiger partial charge >= 0.3 is 5.63 Å². The molecule has 1 heterocycles. The van der Waals surface area contributed by atoms with Crippen molar-refractivity contribution < 1.29 is 18.4 Å². The maximum absolute atomic E-state index is 12.8. The van der Waals surface area contributed by atoms with Crippen LogP contribution in [0.4, 0.5) is 0 Å². The molecule has 1 aromatic carbocycles. The van der Waals surface area contributed by atoms with E-state index in [1.807, 2.05) is 17.0 Å². The molecule has 0 aliphatic rings. The lowest BCUT2D eigenvalue weighted by atomic mass is 10.1. The second-order valence-electron chi connectivity index (χ2n) is 10.9. The average Bonchev–Trinajstić information content (AvgIpc) is 2.73. The van der Waals surface area contributed by atoms with Crippen molar-refractivity contribution in [2.24, 2.45) is 0 Å². The molecular formula is C29H45N2O4+. The molecule has 0 bridgehead atoms. The van der Waals surface area contributed by atoms with Gasteiger partial charge in [0.25, 0.3) is 5.91 Å². The van der Waals surface area contributed by atoms with Crippen molar-refractivity contribution in [1.82, 2.24) is 4.90 Å².